The van der Waals surface area contributed by atoms with Gasteiger partial charge in [-0.1, -0.05) is 55.7 Å². The Balaban J connectivity index is 1.37. The lowest BCUT2D eigenvalue weighted by Crippen LogP contribution is -2.46. The van der Waals surface area contributed by atoms with Crippen molar-refractivity contribution in [3.8, 4) is 0 Å². The third-order valence-electron chi connectivity index (χ3n) is 7.01. The minimum absolute atomic E-state index is 0.0250. The van der Waals surface area contributed by atoms with Crippen molar-refractivity contribution in [3.05, 3.63) is 65.7 Å². The number of nitrogens with one attached hydrogen (secondary N) is 3. The van der Waals surface area contributed by atoms with Crippen molar-refractivity contribution in [1.82, 2.24) is 15.5 Å². The van der Waals surface area contributed by atoms with E-state index >= 15 is 0 Å². The van der Waals surface area contributed by atoms with Gasteiger partial charge in [-0.25, -0.2) is 0 Å². The monoisotopic (exact) mass is 505 g/mol. The summed E-state index contributed by atoms with van der Waals surface area (Å²) in [6.07, 6.45) is 8.92. The minimum atomic E-state index is -0.426. The van der Waals surface area contributed by atoms with Crippen LogP contribution in [0.4, 0.5) is 11.4 Å². The largest absolute Gasteiger partial charge is 0.397 e. The number of hydrogen-bond donors (Lipinski definition) is 4. The highest BCUT2D eigenvalue weighted by Crippen LogP contribution is 2.21. The lowest BCUT2D eigenvalue weighted by molar-refractivity contribution is -0.124. The van der Waals surface area contributed by atoms with Gasteiger partial charge in [0, 0.05) is 38.3 Å². The quantitative estimate of drug-likeness (QED) is 0.291. The summed E-state index contributed by atoms with van der Waals surface area (Å²) in [5.41, 5.74) is 8.79. The fourth-order valence-electron chi connectivity index (χ4n) is 4.84. The summed E-state index contributed by atoms with van der Waals surface area (Å²) in [5, 5.41) is 9.55. The molecule has 1 aliphatic heterocycles. The predicted octanol–water partition coefficient (Wildman–Crippen LogP) is 3.33. The van der Waals surface area contributed by atoms with Crippen LogP contribution in [0.25, 0.3) is 6.08 Å². The van der Waals surface area contributed by atoms with Crippen LogP contribution in [-0.2, 0) is 14.3 Å². The number of carbonyl (C=O) groups is 2. The van der Waals surface area contributed by atoms with Crippen LogP contribution in [0.2, 0.25) is 0 Å². The third kappa shape index (κ3) is 8.42. The van der Waals surface area contributed by atoms with Crippen molar-refractivity contribution in [2.45, 2.75) is 44.2 Å². The molecule has 1 aliphatic carbocycles. The molecular weight excluding hydrogens is 466 g/mol. The van der Waals surface area contributed by atoms with Gasteiger partial charge in [-0.3, -0.25) is 14.5 Å². The standard InChI is InChI=1S/C29H39N5O3/c30-25-8-4-5-9-26(25)33-27(35)15-12-22-10-13-23(14-11-22)28(29(36)32-24-6-2-1-3-7-24)31-16-17-34-18-20-37-21-19-34/h4-5,8-15,24,28,31H,1-3,6-7,16-21,30H2,(H,32,36)(H,33,35)/b15-12+. The number of benzene rings is 2. The van der Waals surface area contributed by atoms with Crippen LogP contribution in [0.3, 0.4) is 0 Å². The third-order valence-corrected chi connectivity index (χ3v) is 7.01. The molecule has 2 aliphatic rings. The van der Waals surface area contributed by atoms with Gasteiger partial charge in [-0.2, -0.15) is 0 Å². The summed E-state index contributed by atoms with van der Waals surface area (Å²) in [4.78, 5) is 28.0. The topological polar surface area (TPSA) is 109 Å². The Labute approximate surface area is 219 Å². The van der Waals surface area contributed by atoms with E-state index in [2.05, 4.69) is 20.9 Å². The normalized spacial score (nSPS) is 17.9. The second-order valence-electron chi connectivity index (χ2n) is 9.76. The molecule has 2 fully saturated rings. The van der Waals surface area contributed by atoms with E-state index in [-0.39, 0.29) is 17.9 Å². The molecule has 5 N–H and O–H groups in total. The number of nitrogens with two attached hydrogens (primary N) is 1. The molecule has 8 heteroatoms. The zero-order valence-electron chi connectivity index (χ0n) is 21.5. The number of rotatable bonds is 10. The first-order valence-electron chi connectivity index (χ1n) is 13.4. The molecule has 0 radical (unpaired) electrons. The van der Waals surface area contributed by atoms with Gasteiger partial charge in [0.25, 0.3) is 0 Å². The van der Waals surface area contributed by atoms with Crippen molar-refractivity contribution in [1.29, 1.82) is 0 Å². The number of carbonyl (C=O) groups excluding carboxylic acids is 2. The molecule has 198 valence electrons. The number of nitrogen functional groups attached to an aromatic ring is 1. The van der Waals surface area contributed by atoms with E-state index in [1.54, 1.807) is 18.2 Å². The smallest absolute Gasteiger partial charge is 0.248 e. The van der Waals surface area contributed by atoms with E-state index in [9.17, 15) is 9.59 Å². The maximum absolute atomic E-state index is 13.3. The van der Waals surface area contributed by atoms with Gasteiger partial charge in [-0.05, 0) is 42.2 Å². The number of anilines is 2. The Morgan fingerprint density at radius 3 is 2.49 bits per heavy atom. The Kier molecular flexibility index (Phi) is 10.1. The zero-order valence-corrected chi connectivity index (χ0v) is 21.5. The van der Waals surface area contributed by atoms with Crippen molar-refractivity contribution in [2.24, 2.45) is 0 Å². The molecule has 2 amide bonds. The Morgan fingerprint density at radius 2 is 1.76 bits per heavy atom. The Morgan fingerprint density at radius 1 is 1.03 bits per heavy atom. The number of morpholine rings is 1. The highest BCUT2D eigenvalue weighted by atomic mass is 16.5. The van der Waals surface area contributed by atoms with E-state index in [1.165, 1.54) is 25.3 Å². The number of nitrogens with zero attached hydrogens (tertiary/aromatic N) is 1. The predicted molar refractivity (Wildman–Crippen MR) is 148 cm³/mol. The first-order chi connectivity index (χ1) is 18.1. The van der Waals surface area contributed by atoms with E-state index in [0.29, 0.717) is 17.9 Å². The second kappa shape index (κ2) is 13.9. The molecule has 4 rings (SSSR count). The van der Waals surface area contributed by atoms with E-state index < -0.39 is 6.04 Å². The van der Waals surface area contributed by atoms with Crippen molar-refractivity contribution >= 4 is 29.3 Å². The summed E-state index contributed by atoms with van der Waals surface area (Å²) in [6.45, 7) is 4.96. The van der Waals surface area contributed by atoms with Crippen LogP contribution in [0.1, 0.15) is 49.3 Å². The lowest BCUT2D eigenvalue weighted by Gasteiger charge is -2.29. The number of para-hydroxylation sites is 2. The van der Waals surface area contributed by atoms with Crippen LogP contribution in [0, 0.1) is 0 Å². The highest BCUT2D eigenvalue weighted by molar-refractivity contribution is 6.03. The molecule has 0 bridgehead atoms. The van der Waals surface area contributed by atoms with Gasteiger partial charge < -0.3 is 26.4 Å². The molecule has 2 aromatic rings. The summed E-state index contributed by atoms with van der Waals surface area (Å²) in [6, 6.07) is 14.8. The fourth-order valence-corrected chi connectivity index (χ4v) is 4.84. The van der Waals surface area contributed by atoms with Gasteiger partial charge in [0.05, 0.1) is 24.6 Å². The molecule has 8 nitrogen and oxygen atoms in total. The SMILES string of the molecule is Nc1ccccc1NC(=O)/C=C/c1ccc(C(NCCN2CCOCC2)C(=O)NC2CCCCC2)cc1. The van der Waals surface area contributed by atoms with Crippen LogP contribution < -0.4 is 21.7 Å². The van der Waals surface area contributed by atoms with Gasteiger partial charge >= 0.3 is 0 Å². The maximum atomic E-state index is 13.3. The number of amides is 2. The van der Waals surface area contributed by atoms with Crippen molar-refractivity contribution in [3.63, 3.8) is 0 Å². The summed E-state index contributed by atoms with van der Waals surface area (Å²) in [5.74, 6) is -0.228. The number of ether oxygens (including phenoxy) is 1. The minimum Gasteiger partial charge on any atom is -0.397 e. The Bertz CT molecular complexity index is 1040. The molecule has 1 saturated heterocycles. The van der Waals surface area contributed by atoms with Gasteiger partial charge in [-0.15, -0.1) is 0 Å². The molecule has 2 aromatic carbocycles. The van der Waals surface area contributed by atoms with Crippen LogP contribution >= 0.6 is 0 Å². The van der Waals surface area contributed by atoms with Crippen molar-refractivity contribution < 1.29 is 14.3 Å². The lowest BCUT2D eigenvalue weighted by atomic mass is 9.95. The molecule has 37 heavy (non-hydrogen) atoms. The molecule has 0 aromatic heterocycles. The van der Waals surface area contributed by atoms with Gasteiger partial charge in [0.1, 0.15) is 6.04 Å². The average molecular weight is 506 g/mol. The molecule has 1 saturated carbocycles. The van der Waals surface area contributed by atoms with Crippen molar-refractivity contribution in [2.75, 3.05) is 50.4 Å². The summed E-state index contributed by atoms with van der Waals surface area (Å²) in [7, 11) is 0. The number of hydrogen-bond acceptors (Lipinski definition) is 6. The summed E-state index contributed by atoms with van der Waals surface area (Å²) >= 11 is 0. The van der Waals surface area contributed by atoms with E-state index in [4.69, 9.17) is 10.5 Å². The molecule has 1 atom stereocenters. The molecule has 0 spiro atoms. The first-order valence-corrected chi connectivity index (χ1v) is 13.4. The highest BCUT2D eigenvalue weighted by Gasteiger charge is 2.24. The molecule has 1 heterocycles. The van der Waals surface area contributed by atoms with E-state index in [1.807, 2.05) is 36.4 Å². The second-order valence-corrected chi connectivity index (χ2v) is 9.76. The fraction of sp³-hybridized carbons (Fsp3) is 0.448. The Hall–Kier alpha value is -3.20. The zero-order chi connectivity index (χ0) is 25.9. The van der Waals surface area contributed by atoms with Gasteiger partial charge in [0.2, 0.25) is 11.8 Å². The van der Waals surface area contributed by atoms with Gasteiger partial charge in [0.15, 0.2) is 0 Å². The average Bonchev–Trinajstić information content (AvgIpc) is 2.93. The van der Waals surface area contributed by atoms with E-state index in [0.717, 1.165) is 56.8 Å². The van der Waals surface area contributed by atoms with Crippen LogP contribution in [0.15, 0.2) is 54.6 Å². The van der Waals surface area contributed by atoms with Crippen LogP contribution in [0.5, 0.6) is 0 Å². The maximum Gasteiger partial charge on any atom is 0.248 e. The molecule has 1 unspecified atom stereocenters. The summed E-state index contributed by atoms with van der Waals surface area (Å²) < 4.78 is 5.44. The molecular formula is C29H39N5O3. The van der Waals surface area contributed by atoms with Crippen LogP contribution in [-0.4, -0.2) is 62.1 Å². The first kappa shape index (κ1) is 26.9.